The lowest BCUT2D eigenvalue weighted by Crippen LogP contribution is -2.56. The Bertz CT molecular complexity index is 1070. The summed E-state index contributed by atoms with van der Waals surface area (Å²) in [6, 6.07) is 16.4. The van der Waals surface area contributed by atoms with Gasteiger partial charge in [-0.15, -0.1) is 0 Å². The van der Waals surface area contributed by atoms with E-state index in [0.29, 0.717) is 23.2 Å². The number of para-hydroxylation sites is 1. The number of β-lactam (4-membered cyclic amide) rings is 1. The molecule has 0 aliphatic carbocycles. The SMILES string of the molecule is CC1=C(C(=O)OC2OC(=O)c3ccccc32)N2C(=O)C[C@@H]2SN1c1ccccc1. The first-order valence-electron chi connectivity index (χ1n) is 9.10. The fourth-order valence-electron chi connectivity index (χ4n) is 3.63. The number of nitrogens with zero attached hydrogens (tertiary/aromatic N) is 2. The van der Waals surface area contributed by atoms with Gasteiger partial charge in [0, 0.05) is 5.56 Å². The number of anilines is 1. The van der Waals surface area contributed by atoms with Crippen LogP contribution in [0, 0.1) is 0 Å². The van der Waals surface area contributed by atoms with Crippen LogP contribution in [0.25, 0.3) is 0 Å². The van der Waals surface area contributed by atoms with Gasteiger partial charge in [-0.05, 0) is 37.1 Å². The summed E-state index contributed by atoms with van der Waals surface area (Å²) in [6.45, 7) is 1.77. The number of hydrogen-bond donors (Lipinski definition) is 0. The van der Waals surface area contributed by atoms with Gasteiger partial charge in [0.2, 0.25) is 5.91 Å². The second kappa shape index (κ2) is 6.66. The van der Waals surface area contributed by atoms with E-state index in [2.05, 4.69) is 0 Å². The van der Waals surface area contributed by atoms with Gasteiger partial charge in [-0.25, -0.2) is 9.59 Å². The maximum atomic E-state index is 13.1. The lowest BCUT2D eigenvalue weighted by Gasteiger charge is -2.47. The molecule has 0 aromatic heterocycles. The summed E-state index contributed by atoms with van der Waals surface area (Å²) in [5.74, 6) is -1.37. The van der Waals surface area contributed by atoms with Crippen molar-refractivity contribution in [2.75, 3.05) is 4.31 Å². The number of ether oxygens (including phenoxy) is 2. The zero-order valence-electron chi connectivity index (χ0n) is 15.4. The molecule has 1 fully saturated rings. The number of amides is 1. The van der Waals surface area contributed by atoms with Gasteiger partial charge in [0.1, 0.15) is 5.37 Å². The molecule has 3 heterocycles. The summed E-state index contributed by atoms with van der Waals surface area (Å²) < 4.78 is 12.7. The van der Waals surface area contributed by atoms with Crippen LogP contribution in [0.1, 0.15) is 35.6 Å². The highest BCUT2D eigenvalue weighted by Crippen LogP contribution is 2.46. The molecule has 1 saturated heterocycles. The summed E-state index contributed by atoms with van der Waals surface area (Å²) in [4.78, 5) is 38.8. The lowest BCUT2D eigenvalue weighted by atomic mass is 10.1. The van der Waals surface area contributed by atoms with Crippen LogP contribution in [0.15, 0.2) is 66.0 Å². The first-order chi connectivity index (χ1) is 14.0. The fourth-order valence-corrected chi connectivity index (χ4v) is 4.89. The summed E-state index contributed by atoms with van der Waals surface area (Å²) >= 11 is 1.49. The molecule has 0 spiro atoms. The third-order valence-electron chi connectivity index (χ3n) is 5.07. The lowest BCUT2D eigenvalue weighted by molar-refractivity contribution is -0.168. The second-order valence-corrected chi connectivity index (χ2v) is 7.94. The Morgan fingerprint density at radius 3 is 2.59 bits per heavy atom. The number of carbonyl (C=O) groups excluding carboxylic acids is 3. The van der Waals surface area contributed by atoms with Crippen LogP contribution in [0.2, 0.25) is 0 Å². The largest absolute Gasteiger partial charge is 0.417 e. The number of cyclic esters (lactones) is 1. The summed E-state index contributed by atoms with van der Waals surface area (Å²) in [5.41, 5.74) is 2.54. The van der Waals surface area contributed by atoms with Crippen molar-refractivity contribution in [1.82, 2.24) is 4.90 Å². The normalized spacial score (nSPS) is 22.7. The Balaban J connectivity index is 1.48. The molecule has 1 unspecified atom stereocenters. The Kier molecular flexibility index (Phi) is 4.09. The standard InChI is InChI=1S/C21H16N2O5S/c1-12-18(20(26)28-21-15-10-6-5-9-14(15)19(25)27-21)22-16(24)11-17(22)29-23(12)13-7-3-2-4-8-13/h2-10,17,21H,11H2,1H3/t17-,21?/m0/s1. The molecule has 1 amide bonds. The van der Waals surface area contributed by atoms with E-state index >= 15 is 0 Å². The number of benzene rings is 2. The van der Waals surface area contributed by atoms with Crippen LogP contribution < -0.4 is 4.31 Å². The monoisotopic (exact) mass is 408 g/mol. The van der Waals surface area contributed by atoms with E-state index in [4.69, 9.17) is 9.47 Å². The molecule has 0 radical (unpaired) electrons. The molecule has 3 aliphatic heterocycles. The van der Waals surface area contributed by atoms with Gasteiger partial charge in [0.15, 0.2) is 5.70 Å². The zero-order valence-corrected chi connectivity index (χ0v) is 16.2. The van der Waals surface area contributed by atoms with E-state index in [1.807, 2.05) is 34.6 Å². The molecule has 7 nitrogen and oxygen atoms in total. The molecule has 0 bridgehead atoms. The van der Waals surface area contributed by atoms with Gasteiger partial charge < -0.3 is 9.47 Å². The molecule has 3 aliphatic rings. The van der Waals surface area contributed by atoms with E-state index in [0.717, 1.165) is 5.69 Å². The smallest absolute Gasteiger partial charge is 0.360 e. The number of fused-ring (bicyclic) bond motifs is 2. The Hall–Kier alpha value is -3.26. The van der Waals surface area contributed by atoms with Crippen LogP contribution in [0.5, 0.6) is 0 Å². The Morgan fingerprint density at radius 1 is 1.10 bits per heavy atom. The number of rotatable bonds is 3. The van der Waals surface area contributed by atoms with Crippen molar-refractivity contribution in [3.05, 3.63) is 77.1 Å². The van der Waals surface area contributed by atoms with E-state index < -0.39 is 18.2 Å². The molecular weight excluding hydrogens is 392 g/mol. The molecule has 5 rings (SSSR count). The molecular formula is C21H16N2O5S. The van der Waals surface area contributed by atoms with Crippen LogP contribution in [0.4, 0.5) is 5.69 Å². The van der Waals surface area contributed by atoms with Crippen molar-refractivity contribution in [2.24, 2.45) is 0 Å². The third-order valence-corrected chi connectivity index (χ3v) is 6.38. The minimum absolute atomic E-state index is 0.134. The molecule has 8 heteroatoms. The highest BCUT2D eigenvalue weighted by molar-refractivity contribution is 8.01. The molecule has 146 valence electrons. The average molecular weight is 408 g/mol. The van der Waals surface area contributed by atoms with E-state index in [1.54, 1.807) is 31.2 Å². The maximum Gasteiger partial charge on any atom is 0.360 e. The second-order valence-electron chi connectivity index (χ2n) is 6.82. The van der Waals surface area contributed by atoms with Gasteiger partial charge >= 0.3 is 11.9 Å². The first kappa shape index (κ1) is 17.8. The Labute approximate surface area is 171 Å². The molecule has 0 N–H and O–H groups in total. The van der Waals surface area contributed by atoms with Crippen molar-refractivity contribution in [1.29, 1.82) is 0 Å². The number of esters is 2. The van der Waals surface area contributed by atoms with E-state index in [-0.39, 0.29) is 17.0 Å². The van der Waals surface area contributed by atoms with E-state index in [1.165, 1.54) is 16.8 Å². The summed E-state index contributed by atoms with van der Waals surface area (Å²) in [7, 11) is 0. The van der Waals surface area contributed by atoms with Crippen molar-refractivity contribution in [3.8, 4) is 0 Å². The van der Waals surface area contributed by atoms with Gasteiger partial charge in [0.25, 0.3) is 6.29 Å². The summed E-state index contributed by atoms with van der Waals surface area (Å²) in [5, 5.41) is -0.174. The third kappa shape index (κ3) is 2.79. The van der Waals surface area contributed by atoms with Crippen molar-refractivity contribution in [2.45, 2.75) is 25.0 Å². The van der Waals surface area contributed by atoms with Gasteiger partial charge in [-0.1, -0.05) is 36.4 Å². The topological polar surface area (TPSA) is 76.1 Å². The van der Waals surface area contributed by atoms with Gasteiger partial charge in [0.05, 0.1) is 23.4 Å². The predicted octanol–water partition coefficient (Wildman–Crippen LogP) is 3.36. The number of allylic oxidation sites excluding steroid dienone is 1. The van der Waals surface area contributed by atoms with Crippen LogP contribution >= 0.6 is 11.9 Å². The first-order valence-corrected chi connectivity index (χ1v) is 9.94. The minimum atomic E-state index is -1.12. The zero-order chi connectivity index (χ0) is 20.1. The summed E-state index contributed by atoms with van der Waals surface area (Å²) in [6.07, 6.45) is -0.777. The highest BCUT2D eigenvalue weighted by Gasteiger charge is 2.49. The average Bonchev–Trinajstić information content (AvgIpc) is 3.04. The van der Waals surface area contributed by atoms with Crippen LogP contribution in [0.3, 0.4) is 0 Å². The van der Waals surface area contributed by atoms with Gasteiger partial charge in [-0.3, -0.25) is 14.0 Å². The van der Waals surface area contributed by atoms with Crippen molar-refractivity contribution in [3.63, 3.8) is 0 Å². The molecule has 2 aromatic rings. The quantitative estimate of drug-likeness (QED) is 0.438. The molecule has 2 aromatic carbocycles. The molecule has 2 atom stereocenters. The fraction of sp³-hybridized carbons (Fsp3) is 0.190. The maximum absolute atomic E-state index is 13.1. The van der Waals surface area contributed by atoms with Crippen molar-refractivity contribution >= 4 is 35.5 Å². The van der Waals surface area contributed by atoms with Crippen molar-refractivity contribution < 1.29 is 23.9 Å². The number of carbonyl (C=O) groups is 3. The predicted molar refractivity (Wildman–Crippen MR) is 105 cm³/mol. The Morgan fingerprint density at radius 2 is 1.83 bits per heavy atom. The van der Waals surface area contributed by atoms with Gasteiger partial charge in [-0.2, -0.15) is 0 Å². The van der Waals surface area contributed by atoms with Crippen LogP contribution in [-0.4, -0.2) is 28.1 Å². The minimum Gasteiger partial charge on any atom is -0.417 e. The highest BCUT2D eigenvalue weighted by atomic mass is 32.2. The van der Waals surface area contributed by atoms with E-state index in [9.17, 15) is 14.4 Å². The van der Waals surface area contributed by atoms with Crippen LogP contribution in [-0.2, 0) is 19.1 Å². The molecule has 0 saturated carbocycles. The molecule has 29 heavy (non-hydrogen) atoms. The number of hydrogen-bond acceptors (Lipinski definition) is 7.